The Balaban J connectivity index is 2.67. The van der Waals surface area contributed by atoms with Gasteiger partial charge in [-0.2, -0.15) is 0 Å². The van der Waals surface area contributed by atoms with E-state index < -0.39 is 0 Å². The summed E-state index contributed by atoms with van der Waals surface area (Å²) in [6.45, 7) is 5.76. The van der Waals surface area contributed by atoms with Gasteiger partial charge in [0, 0.05) is 22.1 Å². The van der Waals surface area contributed by atoms with Crippen molar-refractivity contribution >= 4 is 11.6 Å². The molecule has 3 nitrogen and oxygen atoms in total. The van der Waals surface area contributed by atoms with E-state index in [1.807, 2.05) is 32.0 Å². The van der Waals surface area contributed by atoms with Crippen LogP contribution in [0.4, 0.5) is 0 Å². The number of aromatic nitrogens is 2. The number of hydrogen-bond acceptors (Lipinski definition) is 2. The third-order valence-corrected chi connectivity index (χ3v) is 3.05. The van der Waals surface area contributed by atoms with Gasteiger partial charge in [-0.1, -0.05) is 37.6 Å². The van der Waals surface area contributed by atoms with Gasteiger partial charge in [-0.15, -0.1) is 0 Å². The van der Waals surface area contributed by atoms with Gasteiger partial charge < -0.3 is 4.98 Å². The standard InChI is InChI=1S/C14H15ClN2O/c1-8(2)13-16-12(9(3)14(18)17-13)10-5-4-6-11(15)7-10/h4-8H,1-3H3,(H,16,17,18). The maximum absolute atomic E-state index is 11.9. The van der Waals surface area contributed by atoms with Crippen LogP contribution >= 0.6 is 11.6 Å². The van der Waals surface area contributed by atoms with E-state index >= 15 is 0 Å². The molecule has 0 aliphatic rings. The second-order valence-corrected chi connectivity index (χ2v) is 5.03. The molecular weight excluding hydrogens is 248 g/mol. The van der Waals surface area contributed by atoms with Gasteiger partial charge in [0.05, 0.1) is 5.69 Å². The zero-order valence-corrected chi connectivity index (χ0v) is 11.4. The van der Waals surface area contributed by atoms with Crippen molar-refractivity contribution < 1.29 is 0 Å². The maximum atomic E-state index is 11.9. The number of nitrogens with one attached hydrogen (secondary N) is 1. The van der Waals surface area contributed by atoms with E-state index in [0.29, 0.717) is 22.1 Å². The highest BCUT2D eigenvalue weighted by atomic mass is 35.5. The van der Waals surface area contributed by atoms with Crippen LogP contribution in [-0.2, 0) is 0 Å². The van der Waals surface area contributed by atoms with Gasteiger partial charge in [0.25, 0.3) is 5.56 Å². The molecule has 0 bridgehead atoms. The normalized spacial score (nSPS) is 10.9. The summed E-state index contributed by atoms with van der Waals surface area (Å²) in [4.78, 5) is 19.2. The van der Waals surface area contributed by atoms with Gasteiger partial charge in [-0.05, 0) is 19.1 Å². The monoisotopic (exact) mass is 262 g/mol. The summed E-state index contributed by atoms with van der Waals surface area (Å²) in [5.74, 6) is 0.872. The Morgan fingerprint density at radius 1 is 1.33 bits per heavy atom. The van der Waals surface area contributed by atoms with Gasteiger partial charge in [0.15, 0.2) is 0 Å². The number of H-pyrrole nitrogens is 1. The lowest BCUT2D eigenvalue weighted by molar-refractivity contribution is 0.765. The molecule has 1 N–H and O–H groups in total. The molecule has 1 heterocycles. The van der Waals surface area contributed by atoms with Gasteiger partial charge >= 0.3 is 0 Å². The lowest BCUT2D eigenvalue weighted by Gasteiger charge is -2.10. The molecule has 2 aromatic rings. The van der Waals surface area contributed by atoms with Crippen LogP contribution in [0.1, 0.15) is 31.2 Å². The molecule has 0 spiro atoms. The van der Waals surface area contributed by atoms with Crippen molar-refractivity contribution in [3.8, 4) is 11.3 Å². The molecule has 0 aliphatic carbocycles. The smallest absolute Gasteiger partial charge is 0.254 e. The van der Waals surface area contributed by atoms with Gasteiger partial charge in [-0.3, -0.25) is 4.79 Å². The van der Waals surface area contributed by atoms with Crippen LogP contribution in [0.3, 0.4) is 0 Å². The van der Waals surface area contributed by atoms with Gasteiger partial charge in [0.2, 0.25) is 0 Å². The summed E-state index contributed by atoms with van der Waals surface area (Å²) in [6.07, 6.45) is 0. The van der Waals surface area contributed by atoms with E-state index in [0.717, 1.165) is 5.56 Å². The molecule has 0 amide bonds. The molecule has 0 saturated heterocycles. The third-order valence-electron chi connectivity index (χ3n) is 2.81. The van der Waals surface area contributed by atoms with Crippen LogP contribution in [0.5, 0.6) is 0 Å². The highest BCUT2D eigenvalue weighted by Gasteiger charge is 2.11. The zero-order valence-electron chi connectivity index (χ0n) is 10.6. The van der Waals surface area contributed by atoms with Crippen LogP contribution in [0, 0.1) is 6.92 Å². The Bertz CT molecular complexity index is 632. The fraction of sp³-hybridized carbons (Fsp3) is 0.286. The molecular formula is C14H15ClN2O. The highest BCUT2D eigenvalue weighted by molar-refractivity contribution is 6.30. The molecule has 94 valence electrons. The molecule has 1 aromatic heterocycles. The van der Waals surface area contributed by atoms with Crippen molar-refractivity contribution in [2.24, 2.45) is 0 Å². The third kappa shape index (κ3) is 2.46. The van der Waals surface area contributed by atoms with Gasteiger partial charge in [0.1, 0.15) is 5.82 Å². The first kappa shape index (κ1) is 12.8. The van der Waals surface area contributed by atoms with E-state index in [2.05, 4.69) is 9.97 Å². The molecule has 18 heavy (non-hydrogen) atoms. The molecule has 0 radical (unpaired) electrons. The Kier molecular flexibility index (Phi) is 3.53. The molecule has 0 saturated carbocycles. The number of aromatic amines is 1. The molecule has 0 atom stereocenters. The average molecular weight is 263 g/mol. The number of rotatable bonds is 2. The fourth-order valence-corrected chi connectivity index (χ4v) is 1.93. The Labute approximate surface area is 111 Å². The van der Waals surface area contributed by atoms with Crippen LogP contribution in [-0.4, -0.2) is 9.97 Å². The van der Waals surface area contributed by atoms with Crippen molar-refractivity contribution in [2.75, 3.05) is 0 Å². The molecule has 4 heteroatoms. The molecule has 0 unspecified atom stereocenters. The Morgan fingerprint density at radius 3 is 2.67 bits per heavy atom. The van der Waals surface area contributed by atoms with E-state index in [1.165, 1.54) is 0 Å². The summed E-state index contributed by atoms with van der Waals surface area (Å²) in [7, 11) is 0. The summed E-state index contributed by atoms with van der Waals surface area (Å²) >= 11 is 5.98. The van der Waals surface area contributed by atoms with Crippen molar-refractivity contribution in [1.29, 1.82) is 0 Å². The second kappa shape index (κ2) is 4.94. The predicted octanol–water partition coefficient (Wildman–Crippen LogP) is 3.52. The lowest BCUT2D eigenvalue weighted by Crippen LogP contribution is -2.16. The van der Waals surface area contributed by atoms with Crippen LogP contribution in [0.2, 0.25) is 5.02 Å². The van der Waals surface area contributed by atoms with E-state index in [4.69, 9.17) is 11.6 Å². The summed E-state index contributed by atoms with van der Waals surface area (Å²) < 4.78 is 0. The molecule has 0 fully saturated rings. The van der Waals surface area contributed by atoms with E-state index in [1.54, 1.807) is 13.0 Å². The number of hydrogen-bond donors (Lipinski definition) is 1. The van der Waals surface area contributed by atoms with Crippen LogP contribution < -0.4 is 5.56 Å². The lowest BCUT2D eigenvalue weighted by atomic mass is 10.1. The van der Waals surface area contributed by atoms with Crippen molar-refractivity contribution in [2.45, 2.75) is 26.7 Å². The number of halogens is 1. The SMILES string of the molecule is Cc1c(-c2cccc(Cl)c2)nc(C(C)C)[nH]c1=O. The van der Waals surface area contributed by atoms with Crippen molar-refractivity contribution in [3.63, 3.8) is 0 Å². The first-order chi connectivity index (χ1) is 8.49. The number of nitrogens with zero attached hydrogens (tertiary/aromatic N) is 1. The minimum Gasteiger partial charge on any atom is -0.310 e. The maximum Gasteiger partial charge on any atom is 0.254 e. The zero-order chi connectivity index (χ0) is 13.3. The molecule has 1 aromatic carbocycles. The fourth-order valence-electron chi connectivity index (χ4n) is 1.74. The average Bonchev–Trinajstić information content (AvgIpc) is 2.32. The van der Waals surface area contributed by atoms with Crippen molar-refractivity contribution in [1.82, 2.24) is 9.97 Å². The minimum atomic E-state index is -0.0938. The first-order valence-electron chi connectivity index (χ1n) is 5.86. The Morgan fingerprint density at radius 2 is 2.06 bits per heavy atom. The van der Waals surface area contributed by atoms with Crippen LogP contribution in [0.25, 0.3) is 11.3 Å². The minimum absolute atomic E-state index is 0.0938. The topological polar surface area (TPSA) is 45.8 Å². The Hall–Kier alpha value is -1.61. The quantitative estimate of drug-likeness (QED) is 0.900. The first-order valence-corrected chi connectivity index (χ1v) is 6.23. The highest BCUT2D eigenvalue weighted by Crippen LogP contribution is 2.23. The van der Waals surface area contributed by atoms with E-state index in [9.17, 15) is 4.79 Å². The van der Waals surface area contributed by atoms with Crippen LogP contribution in [0.15, 0.2) is 29.1 Å². The van der Waals surface area contributed by atoms with Gasteiger partial charge in [-0.25, -0.2) is 4.98 Å². The van der Waals surface area contributed by atoms with Crippen molar-refractivity contribution in [3.05, 3.63) is 51.0 Å². The predicted molar refractivity (Wildman–Crippen MR) is 74.1 cm³/mol. The largest absolute Gasteiger partial charge is 0.310 e. The summed E-state index contributed by atoms with van der Waals surface area (Å²) in [5, 5.41) is 0.639. The molecule has 0 aliphatic heterocycles. The summed E-state index contributed by atoms with van der Waals surface area (Å²) in [6, 6.07) is 7.39. The number of benzene rings is 1. The molecule has 2 rings (SSSR count). The van der Waals surface area contributed by atoms with E-state index in [-0.39, 0.29) is 11.5 Å². The summed E-state index contributed by atoms with van der Waals surface area (Å²) in [5.41, 5.74) is 2.09. The second-order valence-electron chi connectivity index (χ2n) is 4.59.